The van der Waals surface area contributed by atoms with Crippen molar-refractivity contribution >= 4 is 21.8 Å². The first-order chi connectivity index (χ1) is 21.7. The summed E-state index contributed by atoms with van der Waals surface area (Å²) in [7, 11) is 0. The van der Waals surface area contributed by atoms with Crippen LogP contribution in [0.1, 0.15) is 69.8 Å². The van der Waals surface area contributed by atoms with Crippen molar-refractivity contribution in [3.05, 3.63) is 159 Å². The smallest absolute Gasteiger partial charge is 0.0544 e. The molecule has 1 nitrogen and oxygen atoms in total. The molecule has 1 atom stereocenters. The van der Waals surface area contributed by atoms with Crippen LogP contribution in [0.15, 0.2) is 109 Å². The lowest BCUT2D eigenvalue weighted by molar-refractivity contribution is 0.659. The SMILES string of the molecule is Cc1ccc(C2c3ccc(C)cc3-c3cc4c(cc32)C(C)(C)c2cc3c(cc2-4)c2cc(C)ccc2n3-c2ccc(C)cc2)cc1. The number of fused-ring (bicyclic) bond motifs is 9. The van der Waals surface area contributed by atoms with Gasteiger partial charge in [0.05, 0.1) is 11.0 Å². The van der Waals surface area contributed by atoms with Gasteiger partial charge in [-0.05, 0) is 120 Å². The van der Waals surface area contributed by atoms with Gasteiger partial charge in [-0.2, -0.15) is 0 Å². The molecule has 45 heavy (non-hydrogen) atoms. The molecule has 2 aliphatic carbocycles. The molecule has 6 aromatic carbocycles. The number of aryl methyl sites for hydroxylation is 4. The van der Waals surface area contributed by atoms with Crippen LogP contribution in [0.2, 0.25) is 0 Å². The maximum absolute atomic E-state index is 2.56. The van der Waals surface area contributed by atoms with Crippen molar-refractivity contribution < 1.29 is 0 Å². The predicted octanol–water partition coefficient (Wildman–Crippen LogP) is 11.5. The highest BCUT2D eigenvalue weighted by atomic mass is 15.0. The monoisotopic (exact) mass is 579 g/mol. The van der Waals surface area contributed by atoms with E-state index in [9.17, 15) is 0 Å². The second kappa shape index (κ2) is 9.08. The summed E-state index contributed by atoms with van der Waals surface area (Å²) < 4.78 is 2.47. The first kappa shape index (κ1) is 26.5. The molecule has 0 saturated carbocycles. The molecule has 1 heterocycles. The van der Waals surface area contributed by atoms with Crippen molar-refractivity contribution in [3.63, 3.8) is 0 Å². The molecule has 9 rings (SSSR count). The van der Waals surface area contributed by atoms with Crippen LogP contribution in [-0.4, -0.2) is 4.57 Å². The fourth-order valence-electron chi connectivity index (χ4n) is 8.31. The molecule has 1 aromatic heterocycles. The molecule has 0 bridgehead atoms. The minimum Gasteiger partial charge on any atom is -0.309 e. The Morgan fingerprint density at radius 3 is 1.80 bits per heavy atom. The number of benzene rings is 6. The van der Waals surface area contributed by atoms with Crippen LogP contribution in [0.25, 0.3) is 49.7 Å². The first-order valence-electron chi connectivity index (χ1n) is 16.2. The maximum atomic E-state index is 2.56. The van der Waals surface area contributed by atoms with Gasteiger partial charge in [0.15, 0.2) is 0 Å². The van der Waals surface area contributed by atoms with Gasteiger partial charge < -0.3 is 4.57 Å². The van der Waals surface area contributed by atoms with Crippen molar-refractivity contribution in [1.29, 1.82) is 0 Å². The summed E-state index contributed by atoms with van der Waals surface area (Å²) in [5, 5.41) is 2.65. The van der Waals surface area contributed by atoms with Crippen LogP contribution < -0.4 is 0 Å². The minimum absolute atomic E-state index is 0.124. The molecular weight excluding hydrogens is 542 g/mol. The lowest BCUT2D eigenvalue weighted by Crippen LogP contribution is -2.15. The largest absolute Gasteiger partial charge is 0.309 e. The van der Waals surface area contributed by atoms with Gasteiger partial charge in [-0.3, -0.25) is 0 Å². The molecule has 2 aliphatic rings. The van der Waals surface area contributed by atoms with E-state index in [-0.39, 0.29) is 11.3 Å². The molecular formula is C44H37N. The van der Waals surface area contributed by atoms with E-state index in [1.807, 2.05) is 0 Å². The van der Waals surface area contributed by atoms with Crippen LogP contribution in [-0.2, 0) is 5.41 Å². The van der Waals surface area contributed by atoms with Crippen molar-refractivity contribution in [2.24, 2.45) is 0 Å². The van der Waals surface area contributed by atoms with Crippen molar-refractivity contribution in [3.8, 4) is 27.9 Å². The molecule has 0 amide bonds. The zero-order valence-electron chi connectivity index (χ0n) is 26.9. The third-order valence-corrected chi connectivity index (χ3v) is 10.7. The van der Waals surface area contributed by atoms with Crippen LogP contribution in [0, 0.1) is 27.7 Å². The van der Waals surface area contributed by atoms with Crippen LogP contribution in [0.3, 0.4) is 0 Å². The van der Waals surface area contributed by atoms with Gasteiger partial charge in [0.1, 0.15) is 0 Å². The molecule has 1 unspecified atom stereocenters. The van der Waals surface area contributed by atoms with Gasteiger partial charge in [0, 0.05) is 27.8 Å². The summed E-state index contributed by atoms with van der Waals surface area (Å²) in [6, 6.07) is 42.2. The highest BCUT2D eigenvalue weighted by molar-refractivity contribution is 6.12. The quantitative estimate of drug-likeness (QED) is 0.192. The van der Waals surface area contributed by atoms with Gasteiger partial charge in [0.2, 0.25) is 0 Å². The fraction of sp³-hybridized carbons (Fsp3) is 0.182. The molecule has 1 heteroatoms. The second-order valence-corrected chi connectivity index (χ2v) is 14.2. The summed E-state index contributed by atoms with van der Waals surface area (Å²) in [5.74, 6) is 0.248. The van der Waals surface area contributed by atoms with E-state index >= 15 is 0 Å². The van der Waals surface area contributed by atoms with Crippen molar-refractivity contribution in [2.45, 2.75) is 52.9 Å². The highest BCUT2D eigenvalue weighted by Crippen LogP contribution is 2.56. The summed E-state index contributed by atoms with van der Waals surface area (Å²) in [4.78, 5) is 0. The lowest BCUT2D eigenvalue weighted by Gasteiger charge is -2.23. The van der Waals surface area contributed by atoms with Crippen LogP contribution in [0.4, 0.5) is 0 Å². The van der Waals surface area contributed by atoms with Gasteiger partial charge in [0.25, 0.3) is 0 Å². The lowest BCUT2D eigenvalue weighted by atomic mass is 9.80. The van der Waals surface area contributed by atoms with Crippen LogP contribution in [0.5, 0.6) is 0 Å². The standard InChI is InChI=1S/C44H37N/c1-25-7-13-29(14-8-25)43-31-17-11-27(3)19-32(31)33-21-34-35-22-37-36-20-28(4)12-18-41(36)45(30-15-9-26(2)10-16-30)42(37)24-40(35)44(5,6)39(34)23-38(33)43/h7-24,43H,1-6H3. The zero-order chi connectivity index (χ0) is 30.8. The average molecular weight is 580 g/mol. The number of hydrogen-bond acceptors (Lipinski definition) is 0. The number of nitrogens with zero attached hydrogens (tertiary/aromatic N) is 1. The third kappa shape index (κ3) is 3.67. The fourth-order valence-corrected chi connectivity index (χ4v) is 8.31. The van der Waals surface area contributed by atoms with E-state index in [2.05, 4.69) is 155 Å². The molecule has 218 valence electrons. The highest BCUT2D eigenvalue weighted by Gasteiger charge is 2.40. The molecule has 0 spiro atoms. The van der Waals surface area contributed by atoms with Gasteiger partial charge in [-0.1, -0.05) is 103 Å². The Balaban J connectivity index is 1.33. The molecule has 7 aromatic rings. The van der Waals surface area contributed by atoms with E-state index < -0.39 is 0 Å². The van der Waals surface area contributed by atoms with Gasteiger partial charge >= 0.3 is 0 Å². The Kier molecular flexibility index (Phi) is 5.35. The Morgan fingerprint density at radius 2 is 1.04 bits per heavy atom. The zero-order valence-corrected chi connectivity index (χ0v) is 26.9. The predicted molar refractivity (Wildman–Crippen MR) is 190 cm³/mol. The minimum atomic E-state index is -0.124. The molecule has 0 aliphatic heterocycles. The Labute approximate surface area is 265 Å². The topological polar surface area (TPSA) is 4.93 Å². The first-order valence-corrected chi connectivity index (χ1v) is 16.2. The number of hydrogen-bond donors (Lipinski definition) is 0. The molecule has 0 N–H and O–H groups in total. The van der Waals surface area contributed by atoms with Crippen LogP contribution >= 0.6 is 0 Å². The average Bonchev–Trinajstić information content (AvgIpc) is 3.59. The second-order valence-electron chi connectivity index (χ2n) is 14.2. The van der Waals surface area contributed by atoms with E-state index in [0.717, 1.165) is 0 Å². The maximum Gasteiger partial charge on any atom is 0.0544 e. The van der Waals surface area contributed by atoms with Gasteiger partial charge in [-0.15, -0.1) is 0 Å². The summed E-state index contributed by atoms with van der Waals surface area (Å²) in [6.45, 7) is 13.6. The van der Waals surface area contributed by atoms with Crippen molar-refractivity contribution in [1.82, 2.24) is 4.57 Å². The Morgan fingerprint density at radius 1 is 0.467 bits per heavy atom. The Hall–Kier alpha value is -4.88. The molecule has 0 saturated heterocycles. The summed E-state index contributed by atoms with van der Waals surface area (Å²) >= 11 is 0. The number of aromatic nitrogens is 1. The number of rotatable bonds is 2. The molecule has 0 fully saturated rings. The summed E-state index contributed by atoms with van der Waals surface area (Å²) in [5.41, 5.74) is 21.4. The van der Waals surface area contributed by atoms with E-state index in [4.69, 9.17) is 0 Å². The van der Waals surface area contributed by atoms with Crippen molar-refractivity contribution in [2.75, 3.05) is 0 Å². The Bertz CT molecular complexity index is 2360. The van der Waals surface area contributed by atoms with Gasteiger partial charge in [-0.25, -0.2) is 0 Å². The van der Waals surface area contributed by atoms with E-state index in [1.165, 1.54) is 99.8 Å². The normalized spacial score (nSPS) is 15.7. The summed E-state index contributed by atoms with van der Waals surface area (Å²) in [6.07, 6.45) is 0. The third-order valence-electron chi connectivity index (χ3n) is 10.7. The van der Waals surface area contributed by atoms with E-state index in [0.29, 0.717) is 0 Å². The van der Waals surface area contributed by atoms with E-state index in [1.54, 1.807) is 0 Å². The molecule has 0 radical (unpaired) electrons.